The van der Waals surface area contributed by atoms with E-state index in [4.69, 9.17) is 9.72 Å². The topological polar surface area (TPSA) is 39.2 Å². The van der Waals surface area contributed by atoms with Gasteiger partial charge < -0.3 is 4.74 Å². The highest BCUT2D eigenvalue weighted by atomic mass is 16.5. The summed E-state index contributed by atoms with van der Waals surface area (Å²) in [5.74, 6) is 0.462. The molecule has 110 valence electrons. The minimum Gasteiger partial charge on any atom is -0.466 e. The Hall–Kier alpha value is -1.38. The molecule has 20 heavy (non-hydrogen) atoms. The molecule has 0 saturated heterocycles. The third-order valence-corrected chi connectivity index (χ3v) is 4.09. The summed E-state index contributed by atoms with van der Waals surface area (Å²) in [7, 11) is 0. The molecule has 3 nitrogen and oxygen atoms in total. The second-order valence-electron chi connectivity index (χ2n) is 5.62. The molecule has 1 fully saturated rings. The predicted octanol–water partition coefficient (Wildman–Crippen LogP) is 3.87. The largest absolute Gasteiger partial charge is 0.466 e. The van der Waals surface area contributed by atoms with Gasteiger partial charge in [0.1, 0.15) is 0 Å². The Morgan fingerprint density at radius 2 is 2.20 bits per heavy atom. The smallest absolute Gasteiger partial charge is 0.308 e. The van der Waals surface area contributed by atoms with Crippen LogP contribution in [0.3, 0.4) is 0 Å². The van der Waals surface area contributed by atoms with Crippen LogP contribution in [0.15, 0.2) is 18.2 Å². The third kappa shape index (κ3) is 3.81. The van der Waals surface area contributed by atoms with E-state index in [-0.39, 0.29) is 11.9 Å². The number of pyridine rings is 1. The minimum atomic E-state index is -0.0304. The van der Waals surface area contributed by atoms with Gasteiger partial charge in [-0.3, -0.25) is 9.78 Å². The summed E-state index contributed by atoms with van der Waals surface area (Å²) in [6, 6.07) is 6.32. The van der Waals surface area contributed by atoms with E-state index in [1.807, 2.05) is 6.92 Å². The van der Waals surface area contributed by atoms with Crippen molar-refractivity contribution < 1.29 is 9.53 Å². The van der Waals surface area contributed by atoms with Gasteiger partial charge >= 0.3 is 5.97 Å². The number of carbonyl (C=O) groups is 1. The van der Waals surface area contributed by atoms with Crippen molar-refractivity contribution in [1.82, 2.24) is 4.98 Å². The number of esters is 1. The number of nitrogens with zero attached hydrogens (tertiary/aromatic N) is 1. The van der Waals surface area contributed by atoms with Crippen molar-refractivity contribution >= 4 is 5.97 Å². The summed E-state index contributed by atoms with van der Waals surface area (Å²) in [5.41, 5.74) is 2.34. The summed E-state index contributed by atoms with van der Waals surface area (Å²) >= 11 is 0. The van der Waals surface area contributed by atoms with E-state index in [1.165, 1.54) is 18.5 Å². The van der Waals surface area contributed by atoms with Crippen molar-refractivity contribution in [3.63, 3.8) is 0 Å². The van der Waals surface area contributed by atoms with Crippen LogP contribution in [0, 0.1) is 5.92 Å². The van der Waals surface area contributed by atoms with Crippen molar-refractivity contribution in [3.8, 4) is 0 Å². The molecule has 0 aliphatic heterocycles. The average Bonchev–Trinajstić information content (AvgIpc) is 2.95. The third-order valence-electron chi connectivity index (χ3n) is 4.09. The molecule has 3 heteroatoms. The minimum absolute atomic E-state index is 0.0304. The molecule has 0 spiro atoms. The first-order valence-electron chi connectivity index (χ1n) is 7.87. The second kappa shape index (κ2) is 7.41. The van der Waals surface area contributed by atoms with Crippen LogP contribution >= 0.6 is 0 Å². The van der Waals surface area contributed by atoms with Crippen molar-refractivity contribution in [3.05, 3.63) is 29.6 Å². The molecule has 2 unspecified atom stereocenters. The zero-order valence-electron chi connectivity index (χ0n) is 12.6. The van der Waals surface area contributed by atoms with Crippen molar-refractivity contribution in [2.24, 2.45) is 5.92 Å². The lowest BCUT2D eigenvalue weighted by Crippen LogP contribution is -2.15. The number of unbranched alkanes of at least 4 members (excludes halogenated alkanes) is 1. The molecular weight excluding hydrogens is 250 g/mol. The quantitative estimate of drug-likeness (QED) is 0.740. The molecule has 1 aromatic rings. The van der Waals surface area contributed by atoms with Crippen molar-refractivity contribution in [1.29, 1.82) is 0 Å². The molecule has 0 radical (unpaired) electrons. The Bertz CT molecular complexity index is 444. The average molecular weight is 275 g/mol. The Balaban J connectivity index is 1.97. The Morgan fingerprint density at radius 1 is 1.35 bits per heavy atom. The first-order chi connectivity index (χ1) is 9.74. The predicted molar refractivity (Wildman–Crippen MR) is 79.6 cm³/mol. The van der Waals surface area contributed by atoms with E-state index in [0.29, 0.717) is 12.5 Å². The van der Waals surface area contributed by atoms with Crippen molar-refractivity contribution in [2.75, 3.05) is 6.61 Å². The summed E-state index contributed by atoms with van der Waals surface area (Å²) in [4.78, 5) is 16.6. The maximum Gasteiger partial charge on any atom is 0.308 e. The summed E-state index contributed by atoms with van der Waals surface area (Å²) in [6.07, 6.45) is 6.31. The van der Waals surface area contributed by atoms with Crippen molar-refractivity contribution in [2.45, 2.75) is 58.3 Å². The summed E-state index contributed by atoms with van der Waals surface area (Å²) in [6.45, 7) is 4.54. The van der Waals surface area contributed by atoms with E-state index in [9.17, 15) is 4.79 Å². The number of aryl methyl sites for hydroxylation is 1. The fourth-order valence-electron chi connectivity index (χ4n) is 2.95. The van der Waals surface area contributed by atoms with Gasteiger partial charge in [-0.15, -0.1) is 0 Å². The monoisotopic (exact) mass is 275 g/mol. The van der Waals surface area contributed by atoms with Crippen LogP contribution < -0.4 is 0 Å². The first kappa shape index (κ1) is 15.0. The molecule has 1 saturated carbocycles. The molecule has 1 heterocycles. The highest BCUT2D eigenvalue weighted by Gasteiger charge is 2.32. The lowest BCUT2D eigenvalue weighted by Gasteiger charge is -2.11. The SMILES string of the molecule is CCCCc1cccc(C2CCC(C(=O)OCC)C2)n1. The van der Waals surface area contributed by atoms with Gasteiger partial charge in [-0.2, -0.15) is 0 Å². The highest BCUT2D eigenvalue weighted by Crippen LogP contribution is 2.38. The van der Waals surface area contributed by atoms with Crippen LogP contribution in [0.5, 0.6) is 0 Å². The number of aromatic nitrogens is 1. The lowest BCUT2D eigenvalue weighted by molar-refractivity contribution is -0.147. The second-order valence-corrected chi connectivity index (χ2v) is 5.62. The van der Waals surface area contributed by atoms with Crippen LogP contribution in [0.25, 0.3) is 0 Å². The van der Waals surface area contributed by atoms with E-state index in [2.05, 4.69) is 25.1 Å². The number of carbonyl (C=O) groups excluding carboxylic acids is 1. The van der Waals surface area contributed by atoms with E-state index < -0.39 is 0 Å². The number of rotatable bonds is 6. The molecule has 1 aliphatic rings. The molecule has 0 amide bonds. The maximum absolute atomic E-state index is 11.8. The molecule has 0 aromatic carbocycles. The van der Waals surface area contributed by atoms with Gasteiger partial charge in [0.2, 0.25) is 0 Å². The molecule has 0 bridgehead atoms. The van der Waals surface area contributed by atoms with Gasteiger partial charge in [0.25, 0.3) is 0 Å². The maximum atomic E-state index is 11.8. The van der Waals surface area contributed by atoms with E-state index >= 15 is 0 Å². The summed E-state index contributed by atoms with van der Waals surface area (Å²) in [5, 5.41) is 0. The van der Waals surface area contributed by atoms with E-state index in [1.54, 1.807) is 0 Å². The summed E-state index contributed by atoms with van der Waals surface area (Å²) < 4.78 is 5.13. The van der Waals surface area contributed by atoms with Gasteiger partial charge in [-0.05, 0) is 51.2 Å². The van der Waals surface area contributed by atoms with Gasteiger partial charge in [-0.25, -0.2) is 0 Å². The van der Waals surface area contributed by atoms with Crippen LogP contribution in [-0.2, 0) is 16.0 Å². The van der Waals surface area contributed by atoms with Gasteiger partial charge in [-0.1, -0.05) is 19.4 Å². The van der Waals surface area contributed by atoms with Gasteiger partial charge in [0.05, 0.1) is 12.5 Å². The van der Waals surface area contributed by atoms with Gasteiger partial charge in [0.15, 0.2) is 0 Å². The standard InChI is InChI=1S/C17H25NO2/c1-3-5-7-15-8-6-9-16(18-15)13-10-11-14(12-13)17(19)20-4-2/h6,8-9,13-14H,3-5,7,10-12H2,1-2H3. The first-order valence-corrected chi connectivity index (χ1v) is 7.87. The molecule has 0 N–H and O–H groups in total. The molecule has 2 rings (SSSR count). The Morgan fingerprint density at radius 3 is 2.95 bits per heavy atom. The number of ether oxygens (including phenoxy) is 1. The molecule has 1 aromatic heterocycles. The Kier molecular flexibility index (Phi) is 5.57. The van der Waals surface area contributed by atoms with Crippen LogP contribution in [-0.4, -0.2) is 17.6 Å². The van der Waals surface area contributed by atoms with E-state index in [0.717, 1.165) is 31.4 Å². The Labute approximate surface area is 121 Å². The number of hydrogen-bond donors (Lipinski definition) is 0. The van der Waals surface area contributed by atoms with Crippen LogP contribution in [0.2, 0.25) is 0 Å². The fraction of sp³-hybridized carbons (Fsp3) is 0.647. The zero-order valence-corrected chi connectivity index (χ0v) is 12.6. The zero-order chi connectivity index (χ0) is 14.4. The van der Waals surface area contributed by atoms with Gasteiger partial charge in [0, 0.05) is 17.3 Å². The highest BCUT2D eigenvalue weighted by molar-refractivity contribution is 5.72. The molecule has 2 atom stereocenters. The van der Waals surface area contributed by atoms with Crippen LogP contribution in [0.1, 0.15) is 63.3 Å². The molecule has 1 aliphatic carbocycles. The van der Waals surface area contributed by atoms with Crippen LogP contribution in [0.4, 0.5) is 0 Å². The molecular formula is C17H25NO2. The lowest BCUT2D eigenvalue weighted by atomic mass is 10.0. The number of hydrogen-bond acceptors (Lipinski definition) is 3. The normalized spacial score (nSPS) is 21.9. The fourth-order valence-corrected chi connectivity index (χ4v) is 2.95.